The molecule has 3 heteroatoms. The van der Waals surface area contributed by atoms with Gasteiger partial charge in [-0.3, -0.25) is 4.79 Å². The van der Waals surface area contributed by atoms with E-state index in [0.717, 1.165) is 24.0 Å². The Balaban J connectivity index is 2.63. The minimum atomic E-state index is 0.00650. The van der Waals surface area contributed by atoms with Crippen LogP contribution in [0.3, 0.4) is 0 Å². The summed E-state index contributed by atoms with van der Waals surface area (Å²) in [6, 6.07) is 6.05. The van der Waals surface area contributed by atoms with Crippen LogP contribution in [0.25, 0.3) is 0 Å². The van der Waals surface area contributed by atoms with Crippen LogP contribution in [0.2, 0.25) is 0 Å². The molecule has 0 spiro atoms. The lowest BCUT2D eigenvalue weighted by atomic mass is 10.0. The first-order chi connectivity index (χ1) is 8.04. The SMILES string of the molecule is Cc1ccc(C(=O)NC(C)CCCN)c(C)c1. The number of amides is 1. The molecule has 0 aromatic heterocycles. The van der Waals surface area contributed by atoms with Gasteiger partial charge in [-0.05, 0) is 51.8 Å². The molecule has 0 saturated heterocycles. The second-order valence-corrected chi connectivity index (χ2v) is 4.62. The summed E-state index contributed by atoms with van der Waals surface area (Å²) in [5.74, 6) is 0.00650. The molecule has 0 fully saturated rings. The topological polar surface area (TPSA) is 55.1 Å². The Hall–Kier alpha value is -1.35. The van der Waals surface area contributed by atoms with Crippen LogP contribution in [0, 0.1) is 13.8 Å². The van der Waals surface area contributed by atoms with Crippen LogP contribution in [0.4, 0.5) is 0 Å². The Bertz CT molecular complexity index is 388. The van der Waals surface area contributed by atoms with Crippen LogP contribution in [0.5, 0.6) is 0 Å². The van der Waals surface area contributed by atoms with Gasteiger partial charge in [0.05, 0.1) is 0 Å². The third-order valence-electron chi connectivity index (χ3n) is 2.85. The molecule has 0 aliphatic rings. The summed E-state index contributed by atoms with van der Waals surface area (Å²) in [6.45, 7) is 6.67. The number of nitrogens with one attached hydrogen (secondary N) is 1. The zero-order chi connectivity index (χ0) is 12.8. The maximum absolute atomic E-state index is 12.0. The van der Waals surface area contributed by atoms with Crippen molar-refractivity contribution in [3.05, 3.63) is 34.9 Å². The Morgan fingerprint density at radius 1 is 1.41 bits per heavy atom. The first-order valence-electron chi connectivity index (χ1n) is 6.12. The molecule has 0 aliphatic heterocycles. The molecule has 0 saturated carbocycles. The second-order valence-electron chi connectivity index (χ2n) is 4.62. The van der Waals surface area contributed by atoms with E-state index < -0.39 is 0 Å². The maximum atomic E-state index is 12.0. The van der Waals surface area contributed by atoms with Crippen LogP contribution >= 0.6 is 0 Å². The van der Waals surface area contributed by atoms with Gasteiger partial charge in [0, 0.05) is 11.6 Å². The third kappa shape index (κ3) is 4.19. The molecule has 94 valence electrons. The predicted molar refractivity (Wildman–Crippen MR) is 71.1 cm³/mol. The highest BCUT2D eigenvalue weighted by atomic mass is 16.1. The molecule has 1 amide bonds. The number of rotatable bonds is 5. The summed E-state index contributed by atoms with van der Waals surface area (Å²) in [6.07, 6.45) is 1.86. The van der Waals surface area contributed by atoms with Crippen LogP contribution < -0.4 is 11.1 Å². The Kier molecular flexibility index (Phi) is 5.16. The fraction of sp³-hybridized carbons (Fsp3) is 0.500. The average Bonchev–Trinajstić information content (AvgIpc) is 2.26. The van der Waals surface area contributed by atoms with Gasteiger partial charge >= 0.3 is 0 Å². The summed E-state index contributed by atoms with van der Waals surface area (Å²) in [7, 11) is 0. The number of aryl methyl sites for hydroxylation is 2. The smallest absolute Gasteiger partial charge is 0.251 e. The highest BCUT2D eigenvalue weighted by Crippen LogP contribution is 2.11. The molecule has 3 nitrogen and oxygen atoms in total. The lowest BCUT2D eigenvalue weighted by molar-refractivity contribution is 0.0937. The van der Waals surface area contributed by atoms with Gasteiger partial charge in [0.25, 0.3) is 5.91 Å². The Morgan fingerprint density at radius 3 is 2.71 bits per heavy atom. The van der Waals surface area contributed by atoms with Gasteiger partial charge in [0.1, 0.15) is 0 Å². The minimum absolute atomic E-state index is 0.00650. The lowest BCUT2D eigenvalue weighted by Crippen LogP contribution is -2.33. The van der Waals surface area contributed by atoms with Crippen LogP contribution in [0.15, 0.2) is 18.2 Å². The van der Waals surface area contributed by atoms with E-state index in [9.17, 15) is 4.79 Å². The normalized spacial score (nSPS) is 12.2. The van der Waals surface area contributed by atoms with Gasteiger partial charge in [0.2, 0.25) is 0 Å². The Morgan fingerprint density at radius 2 is 2.12 bits per heavy atom. The molecule has 1 aromatic carbocycles. The first kappa shape index (κ1) is 13.7. The molecule has 1 unspecified atom stereocenters. The van der Waals surface area contributed by atoms with E-state index in [4.69, 9.17) is 5.73 Å². The van der Waals surface area contributed by atoms with E-state index in [1.54, 1.807) is 0 Å². The largest absolute Gasteiger partial charge is 0.350 e. The van der Waals surface area contributed by atoms with Crippen LogP contribution in [-0.2, 0) is 0 Å². The van der Waals surface area contributed by atoms with E-state index in [1.807, 2.05) is 39.0 Å². The van der Waals surface area contributed by atoms with Crippen molar-refractivity contribution >= 4 is 5.91 Å². The van der Waals surface area contributed by atoms with E-state index >= 15 is 0 Å². The molecule has 0 aliphatic carbocycles. The van der Waals surface area contributed by atoms with Gasteiger partial charge in [-0.2, -0.15) is 0 Å². The van der Waals surface area contributed by atoms with E-state index in [1.165, 1.54) is 5.56 Å². The van der Waals surface area contributed by atoms with Crippen molar-refractivity contribution in [3.8, 4) is 0 Å². The van der Waals surface area contributed by atoms with Crippen molar-refractivity contribution in [1.29, 1.82) is 0 Å². The molecule has 0 radical (unpaired) electrons. The summed E-state index contributed by atoms with van der Waals surface area (Å²) in [4.78, 5) is 12.0. The third-order valence-corrected chi connectivity index (χ3v) is 2.85. The molecule has 0 heterocycles. The molecule has 3 N–H and O–H groups in total. The Labute approximate surface area is 103 Å². The van der Waals surface area contributed by atoms with Gasteiger partial charge in [0.15, 0.2) is 0 Å². The fourth-order valence-electron chi connectivity index (χ4n) is 1.87. The fourth-order valence-corrected chi connectivity index (χ4v) is 1.87. The van der Waals surface area contributed by atoms with Gasteiger partial charge in [-0.15, -0.1) is 0 Å². The van der Waals surface area contributed by atoms with Crippen molar-refractivity contribution in [1.82, 2.24) is 5.32 Å². The molecule has 0 bridgehead atoms. The number of nitrogens with two attached hydrogens (primary N) is 1. The zero-order valence-electron chi connectivity index (χ0n) is 10.9. The molecular weight excluding hydrogens is 212 g/mol. The lowest BCUT2D eigenvalue weighted by Gasteiger charge is -2.14. The van der Waals surface area contributed by atoms with E-state index in [2.05, 4.69) is 5.32 Å². The summed E-state index contributed by atoms with van der Waals surface area (Å²) < 4.78 is 0. The quantitative estimate of drug-likeness (QED) is 0.820. The first-order valence-corrected chi connectivity index (χ1v) is 6.12. The number of benzene rings is 1. The number of hydrogen-bond donors (Lipinski definition) is 2. The highest BCUT2D eigenvalue weighted by molar-refractivity contribution is 5.95. The molecule has 17 heavy (non-hydrogen) atoms. The van der Waals surface area contributed by atoms with Crippen molar-refractivity contribution in [3.63, 3.8) is 0 Å². The average molecular weight is 234 g/mol. The zero-order valence-corrected chi connectivity index (χ0v) is 10.9. The molecule has 1 rings (SSSR count). The second kappa shape index (κ2) is 6.40. The summed E-state index contributed by atoms with van der Waals surface area (Å²) in [5, 5.41) is 3.00. The van der Waals surface area contributed by atoms with Crippen LogP contribution in [-0.4, -0.2) is 18.5 Å². The predicted octanol–water partition coefficient (Wildman–Crippen LogP) is 2.16. The highest BCUT2D eigenvalue weighted by Gasteiger charge is 2.11. The van der Waals surface area contributed by atoms with Crippen molar-refractivity contribution in [2.75, 3.05) is 6.54 Å². The van der Waals surface area contributed by atoms with Crippen molar-refractivity contribution < 1.29 is 4.79 Å². The van der Waals surface area contributed by atoms with Gasteiger partial charge < -0.3 is 11.1 Å². The monoisotopic (exact) mass is 234 g/mol. The minimum Gasteiger partial charge on any atom is -0.350 e. The number of carbonyl (C=O) groups excluding carboxylic acids is 1. The van der Waals surface area contributed by atoms with Gasteiger partial charge in [-0.25, -0.2) is 0 Å². The maximum Gasteiger partial charge on any atom is 0.251 e. The van der Waals surface area contributed by atoms with Gasteiger partial charge in [-0.1, -0.05) is 17.7 Å². The summed E-state index contributed by atoms with van der Waals surface area (Å²) in [5.41, 5.74) is 8.40. The summed E-state index contributed by atoms with van der Waals surface area (Å²) >= 11 is 0. The molecular formula is C14H22N2O. The molecule has 1 aromatic rings. The number of hydrogen-bond acceptors (Lipinski definition) is 2. The van der Waals surface area contributed by atoms with E-state index in [-0.39, 0.29) is 11.9 Å². The standard InChI is InChI=1S/C14H22N2O/c1-10-6-7-13(11(2)9-10)14(17)16-12(3)5-4-8-15/h6-7,9,12H,4-5,8,15H2,1-3H3,(H,16,17). The van der Waals surface area contributed by atoms with E-state index in [0.29, 0.717) is 6.54 Å². The van der Waals surface area contributed by atoms with Crippen LogP contribution in [0.1, 0.15) is 41.3 Å². The van der Waals surface area contributed by atoms with Crippen molar-refractivity contribution in [2.45, 2.75) is 39.7 Å². The molecule has 1 atom stereocenters. The number of carbonyl (C=O) groups is 1. The van der Waals surface area contributed by atoms with Crippen molar-refractivity contribution in [2.24, 2.45) is 5.73 Å².